The van der Waals surface area contributed by atoms with Gasteiger partial charge in [-0.1, -0.05) is 60.1 Å². The number of rotatable bonds is 4. The number of benzene rings is 3. The molecular formula is C23H21ClN2O. The minimum Gasteiger partial charge on any atom is -0.497 e. The van der Waals surface area contributed by atoms with Crippen molar-refractivity contribution >= 4 is 23.0 Å². The summed E-state index contributed by atoms with van der Waals surface area (Å²) < 4.78 is 5.30. The highest BCUT2D eigenvalue weighted by Gasteiger charge is 2.30. The molecule has 136 valence electrons. The zero-order chi connectivity index (χ0) is 18.8. The van der Waals surface area contributed by atoms with Crippen molar-refractivity contribution in [1.29, 1.82) is 0 Å². The number of anilines is 1. The molecule has 3 nitrogen and oxygen atoms in total. The molecule has 0 radical (unpaired) electrons. The Morgan fingerprint density at radius 3 is 2.41 bits per heavy atom. The van der Waals surface area contributed by atoms with E-state index in [-0.39, 0.29) is 6.04 Å². The molecule has 0 saturated heterocycles. The molecule has 0 bridgehead atoms. The third kappa shape index (κ3) is 3.56. The van der Waals surface area contributed by atoms with Gasteiger partial charge in [-0.05, 0) is 47.9 Å². The molecule has 0 amide bonds. The second-order valence-corrected chi connectivity index (χ2v) is 7.09. The number of aryl methyl sites for hydroxylation is 1. The highest BCUT2D eigenvalue weighted by Crippen LogP contribution is 2.38. The molecule has 1 aliphatic heterocycles. The van der Waals surface area contributed by atoms with Crippen molar-refractivity contribution in [2.75, 3.05) is 12.1 Å². The van der Waals surface area contributed by atoms with Crippen LogP contribution in [0.15, 0.2) is 77.9 Å². The van der Waals surface area contributed by atoms with E-state index in [4.69, 9.17) is 21.4 Å². The molecule has 4 heteroatoms. The molecular weight excluding hydrogens is 356 g/mol. The van der Waals surface area contributed by atoms with Crippen LogP contribution in [0.3, 0.4) is 0 Å². The van der Waals surface area contributed by atoms with Gasteiger partial charge in [0, 0.05) is 11.4 Å². The van der Waals surface area contributed by atoms with Crippen molar-refractivity contribution in [2.24, 2.45) is 5.10 Å². The van der Waals surface area contributed by atoms with Gasteiger partial charge in [0.1, 0.15) is 5.75 Å². The zero-order valence-electron chi connectivity index (χ0n) is 15.4. The van der Waals surface area contributed by atoms with Gasteiger partial charge in [0.25, 0.3) is 0 Å². The highest BCUT2D eigenvalue weighted by atomic mass is 35.5. The number of methoxy groups -OCH3 is 1. The summed E-state index contributed by atoms with van der Waals surface area (Å²) in [6.45, 7) is 2.01. The summed E-state index contributed by atoms with van der Waals surface area (Å²) >= 11 is 6.39. The van der Waals surface area contributed by atoms with Crippen molar-refractivity contribution in [3.8, 4) is 5.75 Å². The third-order valence-electron chi connectivity index (χ3n) is 4.94. The van der Waals surface area contributed by atoms with E-state index in [1.807, 2.05) is 49.4 Å². The van der Waals surface area contributed by atoms with E-state index in [1.165, 1.54) is 5.56 Å². The quantitative estimate of drug-likeness (QED) is 0.556. The minimum atomic E-state index is 0.116. The monoisotopic (exact) mass is 376 g/mol. The van der Waals surface area contributed by atoms with E-state index in [2.05, 4.69) is 35.3 Å². The molecule has 1 atom stereocenters. The van der Waals surface area contributed by atoms with E-state index in [1.54, 1.807) is 7.11 Å². The smallest absolute Gasteiger partial charge is 0.118 e. The zero-order valence-corrected chi connectivity index (χ0v) is 16.1. The summed E-state index contributed by atoms with van der Waals surface area (Å²) in [6, 6.07) is 24.8. The molecule has 0 aromatic heterocycles. The van der Waals surface area contributed by atoms with Gasteiger partial charge in [0.2, 0.25) is 0 Å². The minimum absolute atomic E-state index is 0.116. The van der Waals surface area contributed by atoms with Crippen LogP contribution in [0.1, 0.15) is 29.2 Å². The van der Waals surface area contributed by atoms with Gasteiger partial charge < -0.3 is 4.74 Å². The molecule has 1 heterocycles. The number of ether oxygens (including phenoxy) is 1. The molecule has 4 rings (SSSR count). The Kier molecular flexibility index (Phi) is 4.87. The fourth-order valence-electron chi connectivity index (χ4n) is 3.36. The fraction of sp³-hybridized carbons (Fsp3) is 0.174. The normalized spacial score (nSPS) is 16.3. The molecule has 0 saturated carbocycles. The molecule has 27 heavy (non-hydrogen) atoms. The van der Waals surface area contributed by atoms with Crippen molar-refractivity contribution in [1.82, 2.24) is 0 Å². The Hall–Kier alpha value is -2.78. The van der Waals surface area contributed by atoms with Crippen LogP contribution in [-0.4, -0.2) is 12.8 Å². The molecule has 3 aromatic carbocycles. The largest absolute Gasteiger partial charge is 0.497 e. The summed E-state index contributed by atoms with van der Waals surface area (Å²) in [5.74, 6) is 0.853. The van der Waals surface area contributed by atoms with Gasteiger partial charge >= 0.3 is 0 Å². The van der Waals surface area contributed by atoms with E-state index >= 15 is 0 Å². The van der Waals surface area contributed by atoms with Crippen molar-refractivity contribution in [3.63, 3.8) is 0 Å². The van der Waals surface area contributed by atoms with Crippen LogP contribution in [0.25, 0.3) is 0 Å². The average Bonchev–Trinajstić information content (AvgIpc) is 3.16. The van der Waals surface area contributed by atoms with Crippen LogP contribution in [-0.2, 0) is 0 Å². The lowest BCUT2D eigenvalue weighted by molar-refractivity contribution is 0.414. The highest BCUT2D eigenvalue weighted by molar-refractivity contribution is 6.31. The molecule has 0 N–H and O–H groups in total. The number of hydrogen-bond donors (Lipinski definition) is 0. The van der Waals surface area contributed by atoms with Gasteiger partial charge in [-0.3, -0.25) is 5.01 Å². The van der Waals surface area contributed by atoms with Crippen LogP contribution in [0, 0.1) is 6.92 Å². The van der Waals surface area contributed by atoms with Gasteiger partial charge in [-0.15, -0.1) is 0 Å². The van der Waals surface area contributed by atoms with Crippen molar-refractivity contribution < 1.29 is 4.74 Å². The summed E-state index contributed by atoms with van der Waals surface area (Å²) in [5.41, 5.74) is 5.48. The van der Waals surface area contributed by atoms with Crippen molar-refractivity contribution in [2.45, 2.75) is 19.4 Å². The third-order valence-corrected chi connectivity index (χ3v) is 5.35. The molecule has 1 aliphatic rings. The van der Waals surface area contributed by atoms with Crippen LogP contribution in [0.5, 0.6) is 5.75 Å². The van der Waals surface area contributed by atoms with Crippen LogP contribution < -0.4 is 9.75 Å². The molecule has 3 aromatic rings. The summed E-state index contributed by atoms with van der Waals surface area (Å²) in [5, 5.41) is 7.79. The Morgan fingerprint density at radius 1 is 1.00 bits per heavy atom. The van der Waals surface area contributed by atoms with E-state index in [0.29, 0.717) is 0 Å². The maximum atomic E-state index is 6.39. The lowest BCUT2D eigenvalue weighted by atomic mass is 9.98. The predicted octanol–water partition coefficient (Wildman–Crippen LogP) is 6.01. The molecule has 1 unspecified atom stereocenters. The van der Waals surface area contributed by atoms with E-state index in [9.17, 15) is 0 Å². The second-order valence-electron chi connectivity index (χ2n) is 6.68. The van der Waals surface area contributed by atoms with Crippen LogP contribution in [0.2, 0.25) is 5.02 Å². The molecule has 0 fully saturated rings. The first kappa shape index (κ1) is 17.6. The first-order chi connectivity index (χ1) is 13.2. The summed E-state index contributed by atoms with van der Waals surface area (Å²) in [4.78, 5) is 0. The number of halogens is 1. The molecule has 0 spiro atoms. The lowest BCUT2D eigenvalue weighted by Gasteiger charge is -2.24. The predicted molar refractivity (Wildman–Crippen MR) is 112 cm³/mol. The first-order valence-corrected chi connectivity index (χ1v) is 9.36. The standard InChI is InChI=1S/C23H21ClN2O/c1-16-8-11-19(14-21(16)24)26-23(18-9-12-20(27-2)13-10-18)15-22(25-26)17-6-4-3-5-7-17/h3-14,23H,15H2,1-2H3. The lowest BCUT2D eigenvalue weighted by Crippen LogP contribution is -2.18. The van der Waals surface area contributed by atoms with Gasteiger partial charge in [0.15, 0.2) is 0 Å². The number of hydrogen-bond acceptors (Lipinski definition) is 3. The Morgan fingerprint density at radius 2 is 1.74 bits per heavy atom. The van der Waals surface area contributed by atoms with Gasteiger partial charge in [-0.25, -0.2) is 0 Å². The van der Waals surface area contributed by atoms with E-state index in [0.717, 1.165) is 39.7 Å². The summed E-state index contributed by atoms with van der Waals surface area (Å²) in [6.07, 6.45) is 0.835. The maximum absolute atomic E-state index is 6.39. The fourth-order valence-corrected chi connectivity index (χ4v) is 3.54. The van der Waals surface area contributed by atoms with Crippen molar-refractivity contribution in [3.05, 3.63) is 94.5 Å². The number of hydrazone groups is 1. The van der Waals surface area contributed by atoms with Gasteiger partial charge in [-0.2, -0.15) is 5.10 Å². The van der Waals surface area contributed by atoms with Gasteiger partial charge in [0.05, 0.1) is 24.6 Å². The Labute approximate surface area is 164 Å². The Balaban J connectivity index is 1.75. The molecule has 0 aliphatic carbocycles. The van der Waals surface area contributed by atoms with Crippen LogP contribution in [0.4, 0.5) is 5.69 Å². The topological polar surface area (TPSA) is 24.8 Å². The Bertz CT molecular complexity index is 967. The average molecular weight is 377 g/mol. The second kappa shape index (κ2) is 7.45. The SMILES string of the molecule is COc1ccc(C2CC(c3ccccc3)=NN2c2ccc(C)c(Cl)c2)cc1. The van der Waals surface area contributed by atoms with E-state index < -0.39 is 0 Å². The van der Waals surface area contributed by atoms with Crippen LogP contribution >= 0.6 is 11.6 Å². The first-order valence-electron chi connectivity index (χ1n) is 8.98. The number of nitrogens with zero attached hydrogens (tertiary/aromatic N) is 2. The summed E-state index contributed by atoms with van der Waals surface area (Å²) in [7, 11) is 1.68. The maximum Gasteiger partial charge on any atom is 0.118 e.